The van der Waals surface area contributed by atoms with E-state index in [-0.39, 0.29) is 0 Å². The van der Waals surface area contributed by atoms with Crippen LogP contribution in [0.4, 0.5) is 0 Å². The number of hydrogen-bond donors (Lipinski definition) is 1. The first-order chi connectivity index (χ1) is 8.73. The molecule has 2 unspecified atom stereocenters. The fourth-order valence-electron chi connectivity index (χ4n) is 3.42. The van der Waals surface area contributed by atoms with Gasteiger partial charge in [0.2, 0.25) is 0 Å². The minimum absolute atomic E-state index is 0.364. The smallest absolute Gasteiger partial charge is 0.0440 e. The number of thiophene rings is 1. The van der Waals surface area contributed by atoms with E-state index in [0.29, 0.717) is 11.6 Å². The summed E-state index contributed by atoms with van der Waals surface area (Å²) in [6.45, 7) is 8.31. The highest BCUT2D eigenvalue weighted by molar-refractivity contribution is 7.10. The summed E-state index contributed by atoms with van der Waals surface area (Å²) in [6, 6.07) is 5.12. The summed E-state index contributed by atoms with van der Waals surface area (Å²) in [7, 11) is 0. The molecule has 0 spiro atoms. The van der Waals surface area contributed by atoms with Crippen molar-refractivity contribution in [3.05, 3.63) is 22.4 Å². The van der Waals surface area contributed by atoms with Crippen LogP contribution < -0.4 is 5.32 Å². The summed E-state index contributed by atoms with van der Waals surface area (Å²) in [4.78, 5) is 4.25. The Morgan fingerprint density at radius 2 is 2.39 bits per heavy atom. The summed E-state index contributed by atoms with van der Waals surface area (Å²) in [5, 5.41) is 5.98. The van der Waals surface area contributed by atoms with Crippen LogP contribution in [-0.4, -0.2) is 30.1 Å². The summed E-state index contributed by atoms with van der Waals surface area (Å²) >= 11 is 1.91. The third kappa shape index (κ3) is 2.36. The van der Waals surface area contributed by atoms with Crippen molar-refractivity contribution in [1.82, 2.24) is 10.2 Å². The van der Waals surface area contributed by atoms with Gasteiger partial charge in [0.25, 0.3) is 0 Å². The topological polar surface area (TPSA) is 15.3 Å². The van der Waals surface area contributed by atoms with Crippen LogP contribution in [-0.2, 0) is 0 Å². The third-order valence-corrected chi connectivity index (χ3v) is 5.61. The monoisotopic (exact) mass is 264 g/mol. The van der Waals surface area contributed by atoms with E-state index in [2.05, 4.69) is 41.6 Å². The molecular weight excluding hydrogens is 240 g/mol. The molecule has 3 rings (SSSR count). The molecule has 1 saturated carbocycles. The molecule has 1 aliphatic carbocycles. The fraction of sp³-hybridized carbons (Fsp3) is 0.733. The molecule has 2 atom stereocenters. The second-order valence-corrected chi connectivity index (χ2v) is 7.01. The van der Waals surface area contributed by atoms with Gasteiger partial charge in [0.1, 0.15) is 0 Å². The standard InChI is InChI=1S/C15H24N2S/c1-3-13(14-5-4-10-18-14)17-9-8-16-15(2,11-17)12-6-7-12/h4-5,10,12-13,16H,3,6-9,11H2,1-2H3. The number of hydrogen-bond acceptors (Lipinski definition) is 3. The molecule has 1 saturated heterocycles. The molecule has 0 radical (unpaired) electrons. The lowest BCUT2D eigenvalue weighted by atomic mass is 9.91. The Labute approximate surface area is 114 Å². The van der Waals surface area contributed by atoms with Gasteiger partial charge >= 0.3 is 0 Å². The molecule has 2 heterocycles. The molecular formula is C15H24N2S. The average Bonchev–Trinajstić information content (AvgIpc) is 3.10. The second-order valence-electron chi connectivity index (χ2n) is 6.03. The molecule has 1 aromatic rings. The highest BCUT2D eigenvalue weighted by atomic mass is 32.1. The van der Waals surface area contributed by atoms with Gasteiger partial charge in [0, 0.05) is 36.1 Å². The first kappa shape index (κ1) is 12.6. The minimum Gasteiger partial charge on any atom is -0.309 e. The Morgan fingerprint density at radius 3 is 3.00 bits per heavy atom. The first-order valence-corrected chi connectivity index (χ1v) is 8.13. The Bertz CT molecular complexity index is 385. The lowest BCUT2D eigenvalue weighted by Gasteiger charge is -2.45. The Hall–Kier alpha value is -0.380. The van der Waals surface area contributed by atoms with E-state index in [0.717, 1.165) is 12.5 Å². The highest BCUT2D eigenvalue weighted by Gasteiger charge is 2.44. The van der Waals surface area contributed by atoms with E-state index in [9.17, 15) is 0 Å². The quantitative estimate of drug-likeness (QED) is 0.898. The molecule has 3 heteroatoms. The van der Waals surface area contributed by atoms with Crippen LogP contribution in [0.2, 0.25) is 0 Å². The van der Waals surface area contributed by atoms with Crippen LogP contribution in [0.5, 0.6) is 0 Å². The van der Waals surface area contributed by atoms with Crippen LogP contribution >= 0.6 is 11.3 Å². The van der Waals surface area contributed by atoms with Crippen LogP contribution in [0.15, 0.2) is 17.5 Å². The van der Waals surface area contributed by atoms with E-state index < -0.39 is 0 Å². The van der Waals surface area contributed by atoms with E-state index in [1.54, 1.807) is 0 Å². The zero-order valence-corrected chi connectivity index (χ0v) is 12.3. The molecule has 100 valence electrons. The van der Waals surface area contributed by atoms with Crippen molar-refractivity contribution >= 4 is 11.3 Å². The van der Waals surface area contributed by atoms with Crippen LogP contribution in [0, 0.1) is 5.92 Å². The van der Waals surface area contributed by atoms with Crippen LogP contribution in [0.1, 0.15) is 44.0 Å². The van der Waals surface area contributed by atoms with Gasteiger partial charge in [-0.25, -0.2) is 0 Å². The van der Waals surface area contributed by atoms with Crippen molar-refractivity contribution in [2.75, 3.05) is 19.6 Å². The fourth-order valence-corrected chi connectivity index (χ4v) is 4.37. The van der Waals surface area contributed by atoms with Crippen molar-refractivity contribution < 1.29 is 0 Å². The first-order valence-electron chi connectivity index (χ1n) is 7.25. The molecule has 0 amide bonds. The Balaban J connectivity index is 1.74. The molecule has 2 nitrogen and oxygen atoms in total. The predicted octanol–water partition coefficient (Wildman–Crippen LogP) is 3.27. The van der Waals surface area contributed by atoms with Gasteiger partial charge in [0.05, 0.1) is 0 Å². The molecule has 0 bridgehead atoms. The van der Waals surface area contributed by atoms with Gasteiger partial charge in [-0.05, 0) is 43.6 Å². The van der Waals surface area contributed by atoms with Gasteiger partial charge in [-0.15, -0.1) is 11.3 Å². The van der Waals surface area contributed by atoms with Crippen molar-refractivity contribution in [1.29, 1.82) is 0 Å². The number of nitrogens with one attached hydrogen (secondary N) is 1. The maximum Gasteiger partial charge on any atom is 0.0440 e. The van der Waals surface area contributed by atoms with Crippen molar-refractivity contribution in [3.63, 3.8) is 0 Å². The van der Waals surface area contributed by atoms with Crippen molar-refractivity contribution in [3.8, 4) is 0 Å². The molecule has 1 N–H and O–H groups in total. The average molecular weight is 264 g/mol. The number of nitrogens with zero attached hydrogens (tertiary/aromatic N) is 1. The Kier molecular flexibility index (Phi) is 3.48. The summed E-state index contributed by atoms with van der Waals surface area (Å²) in [5.41, 5.74) is 0.364. The van der Waals surface area contributed by atoms with E-state index in [4.69, 9.17) is 0 Å². The maximum atomic E-state index is 3.77. The molecule has 2 fully saturated rings. The summed E-state index contributed by atoms with van der Waals surface area (Å²) in [6.07, 6.45) is 4.07. The van der Waals surface area contributed by atoms with Crippen molar-refractivity contribution in [2.24, 2.45) is 5.92 Å². The van der Waals surface area contributed by atoms with Gasteiger partial charge in [-0.3, -0.25) is 4.90 Å². The molecule has 1 aromatic heterocycles. The molecule has 18 heavy (non-hydrogen) atoms. The summed E-state index contributed by atoms with van der Waals surface area (Å²) in [5.74, 6) is 0.918. The van der Waals surface area contributed by atoms with Crippen molar-refractivity contribution in [2.45, 2.75) is 44.7 Å². The Morgan fingerprint density at radius 1 is 1.56 bits per heavy atom. The third-order valence-electron chi connectivity index (χ3n) is 4.64. The van der Waals surface area contributed by atoms with Gasteiger partial charge in [-0.1, -0.05) is 13.0 Å². The van der Waals surface area contributed by atoms with Gasteiger partial charge in [0.15, 0.2) is 0 Å². The summed E-state index contributed by atoms with van der Waals surface area (Å²) < 4.78 is 0. The van der Waals surface area contributed by atoms with Crippen LogP contribution in [0.3, 0.4) is 0 Å². The maximum absolute atomic E-state index is 3.77. The number of rotatable bonds is 4. The van der Waals surface area contributed by atoms with E-state index >= 15 is 0 Å². The lowest BCUT2D eigenvalue weighted by molar-refractivity contribution is 0.0871. The normalized spacial score (nSPS) is 31.4. The van der Waals surface area contributed by atoms with E-state index in [1.165, 1.54) is 37.2 Å². The molecule has 0 aromatic carbocycles. The number of piperazine rings is 1. The van der Waals surface area contributed by atoms with Crippen LogP contribution in [0.25, 0.3) is 0 Å². The van der Waals surface area contributed by atoms with Gasteiger partial charge in [-0.2, -0.15) is 0 Å². The van der Waals surface area contributed by atoms with Gasteiger partial charge < -0.3 is 5.32 Å². The zero-order chi connectivity index (χ0) is 12.6. The molecule has 2 aliphatic rings. The lowest BCUT2D eigenvalue weighted by Crippen LogP contribution is -2.60. The highest BCUT2D eigenvalue weighted by Crippen LogP contribution is 2.42. The molecule has 1 aliphatic heterocycles. The second kappa shape index (κ2) is 4.95. The van der Waals surface area contributed by atoms with E-state index in [1.807, 2.05) is 11.3 Å². The largest absolute Gasteiger partial charge is 0.309 e. The SMILES string of the molecule is CCC(c1cccs1)N1CCNC(C)(C2CC2)C1. The predicted molar refractivity (Wildman–Crippen MR) is 78.1 cm³/mol. The zero-order valence-electron chi connectivity index (χ0n) is 11.5. The minimum atomic E-state index is 0.364.